The first-order valence-electron chi connectivity index (χ1n) is 8.74. The number of nitrogens with one attached hydrogen (secondary N) is 1. The predicted molar refractivity (Wildman–Crippen MR) is 108 cm³/mol. The molecule has 0 aliphatic carbocycles. The van der Waals surface area contributed by atoms with Crippen molar-refractivity contribution in [3.63, 3.8) is 0 Å². The van der Waals surface area contributed by atoms with Crippen LogP contribution in [0.3, 0.4) is 0 Å². The van der Waals surface area contributed by atoms with E-state index in [0.717, 1.165) is 22.3 Å². The third-order valence-electron chi connectivity index (χ3n) is 4.50. The number of non-ortho nitro benzene ring substituents is 1. The molecule has 0 spiro atoms. The molecule has 6 heteroatoms. The van der Waals surface area contributed by atoms with Crippen molar-refractivity contribution >= 4 is 11.6 Å². The summed E-state index contributed by atoms with van der Waals surface area (Å²) in [7, 11) is 3.19. The highest BCUT2D eigenvalue weighted by atomic mass is 16.6. The van der Waals surface area contributed by atoms with Gasteiger partial charge in [0, 0.05) is 24.7 Å². The molecule has 3 aromatic carbocycles. The number of ether oxygens (including phenoxy) is 1. The molecule has 3 rings (SSSR count). The van der Waals surface area contributed by atoms with Gasteiger partial charge in [-0.15, -0.1) is 0 Å². The van der Waals surface area contributed by atoms with Crippen LogP contribution in [0.4, 0.5) is 5.69 Å². The molecule has 0 unspecified atom stereocenters. The van der Waals surface area contributed by atoms with Gasteiger partial charge in [0.2, 0.25) is 5.91 Å². The van der Waals surface area contributed by atoms with Crippen LogP contribution in [0.15, 0.2) is 66.7 Å². The highest BCUT2D eigenvalue weighted by molar-refractivity contribution is 5.80. The smallest absolute Gasteiger partial charge is 0.270 e. The van der Waals surface area contributed by atoms with Gasteiger partial charge in [-0.2, -0.15) is 0 Å². The highest BCUT2D eigenvalue weighted by Crippen LogP contribution is 2.35. The zero-order valence-corrected chi connectivity index (χ0v) is 15.6. The zero-order valence-electron chi connectivity index (χ0n) is 15.6. The summed E-state index contributed by atoms with van der Waals surface area (Å²) in [6.07, 6.45) is 0.332. The molecule has 0 radical (unpaired) electrons. The molecule has 0 fully saturated rings. The fourth-order valence-corrected chi connectivity index (χ4v) is 2.99. The van der Waals surface area contributed by atoms with Gasteiger partial charge in [0.1, 0.15) is 5.75 Å². The Kier molecular flexibility index (Phi) is 5.69. The van der Waals surface area contributed by atoms with Crippen LogP contribution in [0.5, 0.6) is 5.75 Å². The second-order valence-corrected chi connectivity index (χ2v) is 6.27. The van der Waals surface area contributed by atoms with Crippen LogP contribution >= 0.6 is 0 Å². The fraction of sp³-hybridized carbons (Fsp3) is 0.136. The summed E-state index contributed by atoms with van der Waals surface area (Å²) >= 11 is 0. The number of amides is 1. The molecule has 142 valence electrons. The molecule has 0 aromatic heterocycles. The van der Waals surface area contributed by atoms with E-state index in [1.807, 2.05) is 48.5 Å². The third kappa shape index (κ3) is 4.17. The maximum Gasteiger partial charge on any atom is 0.270 e. The van der Waals surface area contributed by atoms with Gasteiger partial charge in [0.05, 0.1) is 18.5 Å². The van der Waals surface area contributed by atoms with Crippen LogP contribution in [-0.4, -0.2) is 25.0 Å². The molecule has 1 amide bonds. The van der Waals surface area contributed by atoms with Gasteiger partial charge in [-0.3, -0.25) is 14.9 Å². The topological polar surface area (TPSA) is 81.5 Å². The summed E-state index contributed by atoms with van der Waals surface area (Å²) in [5.41, 5.74) is 4.38. The van der Waals surface area contributed by atoms with Gasteiger partial charge in [-0.25, -0.2) is 0 Å². The molecule has 0 heterocycles. The predicted octanol–water partition coefficient (Wildman–Crippen LogP) is 4.23. The van der Waals surface area contributed by atoms with Crippen molar-refractivity contribution in [2.24, 2.45) is 0 Å². The van der Waals surface area contributed by atoms with Crippen molar-refractivity contribution in [1.82, 2.24) is 5.32 Å². The fourth-order valence-electron chi connectivity index (χ4n) is 2.99. The summed E-state index contributed by atoms with van der Waals surface area (Å²) in [5, 5.41) is 13.7. The number of benzene rings is 3. The molecule has 3 aromatic rings. The molecular formula is C22H20N2O4. The molecule has 0 bridgehead atoms. The van der Waals surface area contributed by atoms with Gasteiger partial charge in [-0.1, -0.05) is 42.5 Å². The second-order valence-electron chi connectivity index (χ2n) is 6.27. The van der Waals surface area contributed by atoms with Gasteiger partial charge in [0.15, 0.2) is 0 Å². The van der Waals surface area contributed by atoms with Crippen LogP contribution < -0.4 is 10.1 Å². The summed E-state index contributed by atoms with van der Waals surface area (Å²) < 4.78 is 5.45. The Morgan fingerprint density at radius 2 is 1.71 bits per heavy atom. The minimum atomic E-state index is -0.412. The Labute approximate surface area is 162 Å². The number of hydrogen-bond acceptors (Lipinski definition) is 4. The lowest BCUT2D eigenvalue weighted by molar-refractivity contribution is -0.384. The summed E-state index contributed by atoms with van der Waals surface area (Å²) in [6.45, 7) is 0. The lowest BCUT2D eigenvalue weighted by atomic mass is 9.97. The molecule has 28 heavy (non-hydrogen) atoms. The van der Waals surface area contributed by atoms with Crippen molar-refractivity contribution in [2.75, 3.05) is 14.2 Å². The zero-order chi connectivity index (χ0) is 20.1. The average molecular weight is 376 g/mol. The number of carbonyl (C=O) groups excluding carboxylic acids is 1. The minimum absolute atomic E-state index is 0.0310. The SMILES string of the molecule is CNC(=O)Cc1ccc(-c2ccc(OC)c(-c3cccc([N+](=O)[O-])c3)c2)cc1. The van der Waals surface area contributed by atoms with Gasteiger partial charge in [0.25, 0.3) is 5.69 Å². The largest absolute Gasteiger partial charge is 0.496 e. The molecule has 0 atom stereocenters. The number of nitrogens with zero attached hydrogens (tertiary/aromatic N) is 1. The van der Waals surface area contributed by atoms with E-state index in [9.17, 15) is 14.9 Å². The van der Waals surface area contributed by atoms with Crippen molar-refractivity contribution < 1.29 is 14.5 Å². The molecule has 0 saturated heterocycles. The molecule has 0 aliphatic rings. The van der Waals surface area contributed by atoms with E-state index in [2.05, 4.69) is 5.32 Å². The minimum Gasteiger partial charge on any atom is -0.496 e. The summed E-state index contributed by atoms with van der Waals surface area (Å²) in [5.74, 6) is 0.602. The Morgan fingerprint density at radius 1 is 1.00 bits per heavy atom. The maximum atomic E-state index is 11.5. The van der Waals surface area contributed by atoms with Crippen LogP contribution in [0.2, 0.25) is 0 Å². The van der Waals surface area contributed by atoms with Crippen molar-refractivity contribution in [3.05, 3.63) is 82.4 Å². The first-order chi connectivity index (χ1) is 13.5. The number of carbonyl (C=O) groups is 1. The molecule has 0 aliphatic heterocycles. The number of methoxy groups -OCH3 is 1. The molecule has 6 nitrogen and oxygen atoms in total. The highest BCUT2D eigenvalue weighted by Gasteiger charge is 2.12. The monoisotopic (exact) mass is 376 g/mol. The molecule has 1 N–H and O–H groups in total. The summed E-state index contributed by atoms with van der Waals surface area (Å²) in [4.78, 5) is 22.2. The van der Waals surface area contributed by atoms with E-state index in [0.29, 0.717) is 17.7 Å². The van der Waals surface area contributed by atoms with E-state index in [-0.39, 0.29) is 11.6 Å². The number of hydrogen-bond donors (Lipinski definition) is 1. The third-order valence-corrected chi connectivity index (χ3v) is 4.50. The van der Waals surface area contributed by atoms with Gasteiger partial charge < -0.3 is 10.1 Å². The van der Waals surface area contributed by atoms with E-state index >= 15 is 0 Å². The Bertz CT molecular complexity index is 1010. The van der Waals surface area contributed by atoms with E-state index in [4.69, 9.17) is 4.74 Å². The molecule has 0 saturated carbocycles. The van der Waals surface area contributed by atoms with Crippen LogP contribution in [-0.2, 0) is 11.2 Å². The number of nitro benzene ring substituents is 1. The first-order valence-corrected chi connectivity index (χ1v) is 8.74. The number of rotatable bonds is 6. The van der Waals surface area contributed by atoms with Crippen LogP contribution in [0.1, 0.15) is 5.56 Å². The Balaban J connectivity index is 1.98. The van der Waals surface area contributed by atoms with Crippen molar-refractivity contribution in [3.8, 4) is 28.0 Å². The second kappa shape index (κ2) is 8.35. The number of likely N-dealkylation sites (N-methyl/N-ethyl adjacent to an activating group) is 1. The lowest BCUT2D eigenvalue weighted by Crippen LogP contribution is -2.19. The number of nitro groups is 1. The first kappa shape index (κ1) is 19.1. The normalized spacial score (nSPS) is 10.4. The van der Waals surface area contributed by atoms with Crippen molar-refractivity contribution in [1.29, 1.82) is 0 Å². The Morgan fingerprint density at radius 3 is 2.36 bits per heavy atom. The van der Waals surface area contributed by atoms with Gasteiger partial charge in [-0.05, 0) is 34.4 Å². The molecular weight excluding hydrogens is 356 g/mol. The van der Waals surface area contributed by atoms with Crippen molar-refractivity contribution in [2.45, 2.75) is 6.42 Å². The van der Waals surface area contributed by atoms with E-state index in [1.165, 1.54) is 12.1 Å². The summed E-state index contributed by atoms with van der Waals surface area (Å²) in [6, 6.07) is 20.0. The van der Waals surface area contributed by atoms with E-state index < -0.39 is 4.92 Å². The maximum absolute atomic E-state index is 11.5. The standard InChI is InChI=1S/C22H20N2O4/c1-23-22(25)12-15-6-8-16(9-7-15)17-10-11-21(28-2)20(14-17)18-4-3-5-19(13-18)24(26)27/h3-11,13-14H,12H2,1-2H3,(H,23,25). The quantitative estimate of drug-likeness (QED) is 0.516. The average Bonchev–Trinajstić information content (AvgIpc) is 2.73. The Hall–Kier alpha value is -3.67. The van der Waals surface area contributed by atoms with Gasteiger partial charge >= 0.3 is 0 Å². The van der Waals surface area contributed by atoms with Crippen LogP contribution in [0, 0.1) is 10.1 Å². The van der Waals surface area contributed by atoms with E-state index in [1.54, 1.807) is 20.2 Å². The van der Waals surface area contributed by atoms with Crippen LogP contribution in [0.25, 0.3) is 22.3 Å². The lowest BCUT2D eigenvalue weighted by Gasteiger charge is -2.12.